The van der Waals surface area contributed by atoms with Gasteiger partial charge < -0.3 is 15.4 Å². The van der Waals surface area contributed by atoms with Crippen LogP contribution in [-0.4, -0.2) is 16.0 Å². The van der Waals surface area contributed by atoms with Gasteiger partial charge in [-0.1, -0.05) is 12.1 Å². The van der Waals surface area contributed by atoms with Crippen molar-refractivity contribution in [3.8, 4) is 5.75 Å². The molecule has 3 rings (SSSR count). The molecule has 1 aromatic heterocycles. The summed E-state index contributed by atoms with van der Waals surface area (Å²) in [6.45, 7) is 0.329. The van der Waals surface area contributed by atoms with Gasteiger partial charge in [-0.15, -0.1) is 0 Å². The first kappa shape index (κ1) is 15.3. The minimum Gasteiger partial charge on any atom is -0.508 e. The summed E-state index contributed by atoms with van der Waals surface area (Å²) >= 11 is 0. The Morgan fingerprint density at radius 2 is 2.09 bits per heavy atom. The third kappa shape index (κ3) is 3.62. The topological polar surface area (TPSA) is 82.2 Å². The highest BCUT2D eigenvalue weighted by molar-refractivity contribution is 5.78. The molecule has 0 unspecified atom stereocenters. The van der Waals surface area contributed by atoms with E-state index in [0.29, 0.717) is 12.1 Å². The second-order valence-electron chi connectivity index (χ2n) is 5.93. The molecule has 0 fully saturated rings. The number of H-pyrrole nitrogens is 1. The largest absolute Gasteiger partial charge is 0.508 e. The van der Waals surface area contributed by atoms with Crippen molar-refractivity contribution in [2.24, 2.45) is 0 Å². The molecule has 0 saturated heterocycles. The third-order valence-corrected chi connectivity index (χ3v) is 4.21. The molecule has 1 heterocycles. The highest BCUT2D eigenvalue weighted by Crippen LogP contribution is 2.16. The summed E-state index contributed by atoms with van der Waals surface area (Å²) in [7, 11) is 0. The number of benzene rings is 1. The van der Waals surface area contributed by atoms with E-state index >= 15 is 0 Å². The number of carbonyl (C=O) groups is 1. The number of aromatic nitrogens is 1. The van der Waals surface area contributed by atoms with Crippen LogP contribution >= 0.6 is 0 Å². The number of pyridine rings is 1. The summed E-state index contributed by atoms with van der Waals surface area (Å²) in [6.07, 6.45) is 5.58. The predicted octanol–water partition coefficient (Wildman–Crippen LogP) is 1.82. The third-order valence-electron chi connectivity index (χ3n) is 4.21. The fourth-order valence-electron chi connectivity index (χ4n) is 2.98. The lowest BCUT2D eigenvalue weighted by Gasteiger charge is -2.15. The summed E-state index contributed by atoms with van der Waals surface area (Å²) in [5.74, 6) is -0.0301. The molecule has 0 radical (unpaired) electrons. The Morgan fingerprint density at radius 1 is 1.26 bits per heavy atom. The van der Waals surface area contributed by atoms with E-state index in [4.69, 9.17) is 0 Å². The SMILES string of the molecule is O=C(Cc1c[nH]c2c(c1=O)CCCC2)NCc1cccc(O)c1. The number of nitrogens with one attached hydrogen (secondary N) is 2. The Balaban J connectivity index is 1.65. The van der Waals surface area contributed by atoms with Crippen LogP contribution in [0.1, 0.15) is 35.2 Å². The molecule has 120 valence electrons. The van der Waals surface area contributed by atoms with Crippen molar-refractivity contribution in [2.75, 3.05) is 0 Å². The quantitative estimate of drug-likeness (QED) is 0.805. The molecule has 0 atom stereocenters. The van der Waals surface area contributed by atoms with E-state index in [-0.39, 0.29) is 23.5 Å². The summed E-state index contributed by atoms with van der Waals surface area (Å²) in [4.78, 5) is 27.7. The predicted molar refractivity (Wildman–Crippen MR) is 87.4 cm³/mol. The molecule has 0 aliphatic heterocycles. The van der Waals surface area contributed by atoms with Crippen LogP contribution in [0.4, 0.5) is 0 Å². The first-order valence-corrected chi connectivity index (χ1v) is 7.90. The molecule has 3 N–H and O–H groups in total. The normalized spacial score (nSPS) is 13.4. The minimum absolute atomic E-state index is 0.00551. The zero-order valence-corrected chi connectivity index (χ0v) is 12.9. The van der Waals surface area contributed by atoms with Crippen molar-refractivity contribution in [2.45, 2.75) is 38.6 Å². The number of fused-ring (bicyclic) bond motifs is 1. The van der Waals surface area contributed by atoms with Gasteiger partial charge in [0.05, 0.1) is 6.42 Å². The van der Waals surface area contributed by atoms with Gasteiger partial charge in [0.2, 0.25) is 5.91 Å². The molecule has 5 heteroatoms. The molecule has 0 saturated carbocycles. The molecule has 2 aromatic rings. The van der Waals surface area contributed by atoms with E-state index in [1.54, 1.807) is 24.4 Å². The monoisotopic (exact) mass is 312 g/mol. The Labute approximate surface area is 134 Å². The van der Waals surface area contributed by atoms with Crippen molar-refractivity contribution in [3.05, 3.63) is 63.1 Å². The Kier molecular flexibility index (Phi) is 4.46. The van der Waals surface area contributed by atoms with Gasteiger partial charge in [0.15, 0.2) is 5.43 Å². The molecule has 1 aliphatic carbocycles. The average Bonchev–Trinajstić information content (AvgIpc) is 2.56. The van der Waals surface area contributed by atoms with E-state index in [1.807, 2.05) is 6.07 Å². The van der Waals surface area contributed by atoms with Crippen LogP contribution in [0, 0.1) is 0 Å². The van der Waals surface area contributed by atoms with Crippen molar-refractivity contribution < 1.29 is 9.90 Å². The Morgan fingerprint density at radius 3 is 2.91 bits per heavy atom. The minimum atomic E-state index is -0.199. The summed E-state index contributed by atoms with van der Waals surface area (Å²) in [6, 6.07) is 6.74. The molecule has 5 nitrogen and oxygen atoms in total. The molecule has 0 bridgehead atoms. The Hall–Kier alpha value is -2.56. The van der Waals surface area contributed by atoms with Gasteiger partial charge in [-0.3, -0.25) is 9.59 Å². The second-order valence-corrected chi connectivity index (χ2v) is 5.93. The van der Waals surface area contributed by atoms with Crippen LogP contribution < -0.4 is 10.7 Å². The van der Waals surface area contributed by atoms with E-state index in [9.17, 15) is 14.7 Å². The molecule has 1 amide bonds. The lowest BCUT2D eigenvalue weighted by Crippen LogP contribution is -2.29. The maximum Gasteiger partial charge on any atom is 0.224 e. The fourth-order valence-corrected chi connectivity index (χ4v) is 2.98. The van der Waals surface area contributed by atoms with Crippen molar-refractivity contribution in [3.63, 3.8) is 0 Å². The lowest BCUT2D eigenvalue weighted by molar-refractivity contribution is -0.120. The number of phenolic OH excluding ortho intramolecular Hbond substituents is 1. The number of amides is 1. The number of aromatic amines is 1. The number of hydrogen-bond acceptors (Lipinski definition) is 3. The van der Waals surface area contributed by atoms with Crippen molar-refractivity contribution in [1.29, 1.82) is 0 Å². The molecular weight excluding hydrogens is 292 g/mol. The molecule has 23 heavy (non-hydrogen) atoms. The van der Waals surface area contributed by atoms with E-state index in [2.05, 4.69) is 10.3 Å². The fraction of sp³-hybridized carbons (Fsp3) is 0.333. The zero-order chi connectivity index (χ0) is 16.2. The summed E-state index contributed by atoms with van der Waals surface area (Å²) < 4.78 is 0. The lowest BCUT2D eigenvalue weighted by atomic mass is 9.94. The maximum atomic E-state index is 12.4. The van der Waals surface area contributed by atoms with Gasteiger partial charge in [-0.05, 0) is 43.4 Å². The second kappa shape index (κ2) is 6.69. The summed E-state index contributed by atoms with van der Waals surface area (Å²) in [5.41, 5.74) is 3.20. The van der Waals surface area contributed by atoms with Crippen LogP contribution in [0.3, 0.4) is 0 Å². The van der Waals surface area contributed by atoms with Gasteiger partial charge in [0.1, 0.15) is 5.75 Å². The van der Waals surface area contributed by atoms with Crippen LogP contribution in [0.5, 0.6) is 5.75 Å². The van der Waals surface area contributed by atoms with E-state index < -0.39 is 0 Å². The van der Waals surface area contributed by atoms with Crippen LogP contribution in [0.15, 0.2) is 35.3 Å². The highest BCUT2D eigenvalue weighted by Gasteiger charge is 2.16. The van der Waals surface area contributed by atoms with Crippen LogP contribution in [0.2, 0.25) is 0 Å². The molecular formula is C18H20N2O3. The van der Waals surface area contributed by atoms with Gasteiger partial charge in [0.25, 0.3) is 0 Å². The van der Waals surface area contributed by atoms with E-state index in [1.165, 1.54) is 0 Å². The first-order valence-electron chi connectivity index (χ1n) is 7.90. The maximum absolute atomic E-state index is 12.4. The van der Waals surface area contributed by atoms with Crippen LogP contribution in [-0.2, 0) is 30.6 Å². The van der Waals surface area contributed by atoms with Crippen LogP contribution in [0.25, 0.3) is 0 Å². The summed E-state index contributed by atoms with van der Waals surface area (Å²) in [5, 5.41) is 12.2. The van der Waals surface area contributed by atoms with Gasteiger partial charge >= 0.3 is 0 Å². The van der Waals surface area contributed by atoms with Gasteiger partial charge in [0, 0.05) is 29.6 Å². The van der Waals surface area contributed by atoms with Crippen molar-refractivity contribution in [1.82, 2.24) is 10.3 Å². The Bertz CT molecular complexity index is 780. The molecule has 1 aliphatic rings. The number of aryl methyl sites for hydroxylation is 1. The number of carbonyl (C=O) groups excluding carboxylic acids is 1. The number of phenols is 1. The number of hydrogen-bond donors (Lipinski definition) is 3. The standard InChI is InChI=1S/C18H20N2O3/c21-14-5-3-4-12(8-14)10-20-17(22)9-13-11-19-16-7-2-1-6-15(16)18(13)23/h3-5,8,11,21H,1-2,6-7,9-10H2,(H,19,23)(H,20,22). The van der Waals surface area contributed by atoms with E-state index in [0.717, 1.165) is 42.5 Å². The van der Waals surface area contributed by atoms with Gasteiger partial charge in [-0.25, -0.2) is 0 Å². The molecule has 1 aromatic carbocycles. The smallest absolute Gasteiger partial charge is 0.224 e. The molecule has 0 spiro atoms. The average molecular weight is 312 g/mol. The first-order chi connectivity index (χ1) is 11.1. The number of aromatic hydroxyl groups is 1. The zero-order valence-electron chi connectivity index (χ0n) is 12.9. The highest BCUT2D eigenvalue weighted by atomic mass is 16.3. The van der Waals surface area contributed by atoms with Crippen molar-refractivity contribution >= 4 is 5.91 Å². The van der Waals surface area contributed by atoms with Gasteiger partial charge in [-0.2, -0.15) is 0 Å². The number of rotatable bonds is 4.